The van der Waals surface area contributed by atoms with E-state index in [1.807, 2.05) is 4.90 Å². The van der Waals surface area contributed by atoms with Gasteiger partial charge in [0.2, 0.25) is 5.91 Å². The molecule has 0 spiro atoms. The summed E-state index contributed by atoms with van der Waals surface area (Å²) in [5.74, 6) is 1.22. The van der Waals surface area contributed by atoms with Gasteiger partial charge in [0.1, 0.15) is 5.82 Å². The Morgan fingerprint density at radius 2 is 1.68 bits per heavy atom. The van der Waals surface area contributed by atoms with E-state index in [1.54, 1.807) is 0 Å². The lowest BCUT2D eigenvalue weighted by Crippen LogP contribution is -2.44. The molecule has 0 N–H and O–H groups in total. The number of likely N-dealkylation sites (tertiary alicyclic amines) is 1. The van der Waals surface area contributed by atoms with E-state index in [0.29, 0.717) is 43.7 Å². The number of amides is 1. The molecule has 3 fully saturated rings. The van der Waals surface area contributed by atoms with Crippen LogP contribution in [-0.4, -0.2) is 59.5 Å². The number of benzene rings is 1. The minimum atomic E-state index is -4.47. The molecule has 0 atom stereocenters. The predicted octanol–water partition coefficient (Wildman–Crippen LogP) is 6.26. The van der Waals surface area contributed by atoms with Crippen LogP contribution in [-0.2, 0) is 17.5 Å². The quantitative estimate of drug-likeness (QED) is 0.390. The maximum atomic E-state index is 13.5. The highest BCUT2D eigenvalue weighted by Gasteiger charge is 2.38. The van der Waals surface area contributed by atoms with Gasteiger partial charge in [-0.25, -0.2) is 4.98 Å². The number of halogens is 4. The molecule has 1 aromatic carbocycles. The van der Waals surface area contributed by atoms with Crippen molar-refractivity contribution in [3.05, 3.63) is 58.7 Å². The Kier molecular flexibility index (Phi) is 8.48. The van der Waals surface area contributed by atoms with Gasteiger partial charge in [0.25, 0.3) is 0 Å². The number of pyridine rings is 1. The maximum absolute atomic E-state index is 13.5. The minimum Gasteiger partial charge on any atom is -0.355 e. The highest BCUT2D eigenvalue weighted by Crippen LogP contribution is 2.36. The molecule has 0 unspecified atom stereocenters. The van der Waals surface area contributed by atoms with Crippen LogP contribution in [0.2, 0.25) is 5.02 Å². The topological polar surface area (TPSA) is 39.7 Å². The van der Waals surface area contributed by atoms with Crippen LogP contribution in [0.25, 0.3) is 0 Å². The third-order valence-electron chi connectivity index (χ3n) is 8.30. The van der Waals surface area contributed by atoms with Crippen molar-refractivity contribution in [3.8, 4) is 0 Å². The Balaban J connectivity index is 1.09. The second-order valence-electron chi connectivity index (χ2n) is 11.0. The first kappa shape index (κ1) is 27.3. The van der Waals surface area contributed by atoms with Gasteiger partial charge in [0.15, 0.2) is 0 Å². The molecule has 1 aromatic heterocycles. The summed E-state index contributed by atoms with van der Waals surface area (Å²) < 4.78 is 38.9. The molecule has 9 heteroatoms. The molecule has 206 valence electrons. The second-order valence-corrected chi connectivity index (χ2v) is 11.5. The Hall–Kier alpha value is -2.32. The molecular weight excluding hydrogens is 513 g/mol. The van der Waals surface area contributed by atoms with Crippen LogP contribution in [0.4, 0.5) is 19.0 Å². The van der Waals surface area contributed by atoms with Gasteiger partial charge < -0.3 is 9.80 Å². The van der Waals surface area contributed by atoms with Crippen molar-refractivity contribution in [2.75, 3.05) is 37.6 Å². The van der Waals surface area contributed by atoms with Crippen molar-refractivity contribution >= 4 is 23.3 Å². The van der Waals surface area contributed by atoms with E-state index in [1.165, 1.54) is 18.4 Å². The third-order valence-corrected chi connectivity index (χ3v) is 8.58. The fraction of sp³-hybridized carbons (Fsp3) is 0.586. The lowest BCUT2D eigenvalue weighted by molar-refractivity contribution is -0.138. The minimum absolute atomic E-state index is 0.000903. The summed E-state index contributed by atoms with van der Waals surface area (Å²) in [6, 6.07) is 11.9. The van der Waals surface area contributed by atoms with E-state index in [4.69, 9.17) is 11.6 Å². The number of carbonyl (C=O) groups is 1. The van der Waals surface area contributed by atoms with Crippen molar-refractivity contribution in [1.82, 2.24) is 14.8 Å². The first-order valence-electron chi connectivity index (χ1n) is 13.8. The molecule has 1 saturated carbocycles. The summed E-state index contributed by atoms with van der Waals surface area (Å²) in [4.78, 5) is 24.1. The van der Waals surface area contributed by atoms with Crippen LogP contribution in [0.5, 0.6) is 0 Å². The number of rotatable bonds is 8. The summed E-state index contributed by atoms with van der Waals surface area (Å²) in [6.45, 7) is 5.18. The first-order valence-corrected chi connectivity index (χ1v) is 14.2. The van der Waals surface area contributed by atoms with Gasteiger partial charge in [-0.3, -0.25) is 9.69 Å². The molecule has 1 amide bonds. The predicted molar refractivity (Wildman–Crippen MR) is 143 cm³/mol. The van der Waals surface area contributed by atoms with E-state index < -0.39 is 11.7 Å². The van der Waals surface area contributed by atoms with Crippen LogP contribution in [0.1, 0.15) is 56.1 Å². The fourth-order valence-corrected chi connectivity index (χ4v) is 6.13. The second kappa shape index (κ2) is 11.8. The zero-order chi connectivity index (χ0) is 26.7. The zero-order valence-electron chi connectivity index (χ0n) is 21.7. The molecule has 5 rings (SSSR count). The molecule has 0 radical (unpaired) electrons. The summed E-state index contributed by atoms with van der Waals surface area (Å²) in [5.41, 5.74) is 0.511. The monoisotopic (exact) mass is 548 g/mol. The molecule has 2 aromatic rings. The number of aromatic nitrogens is 1. The largest absolute Gasteiger partial charge is 0.417 e. The number of alkyl halides is 3. The van der Waals surface area contributed by atoms with Crippen LogP contribution < -0.4 is 4.90 Å². The van der Waals surface area contributed by atoms with Gasteiger partial charge in [-0.15, -0.1) is 0 Å². The lowest BCUT2D eigenvalue weighted by atomic mass is 9.92. The van der Waals surface area contributed by atoms with Crippen LogP contribution in [0, 0.1) is 11.8 Å². The maximum Gasteiger partial charge on any atom is 0.417 e. The average Bonchev–Trinajstić information content (AvgIpc) is 3.75. The summed E-state index contributed by atoms with van der Waals surface area (Å²) >= 11 is 6.15. The van der Waals surface area contributed by atoms with E-state index in [-0.39, 0.29) is 16.8 Å². The molecule has 1 aliphatic carbocycles. The Morgan fingerprint density at radius 1 is 1.00 bits per heavy atom. The van der Waals surface area contributed by atoms with Crippen molar-refractivity contribution in [1.29, 1.82) is 0 Å². The van der Waals surface area contributed by atoms with Crippen LogP contribution in [0.3, 0.4) is 0 Å². The molecular formula is C29H36ClF3N4O. The SMILES string of the molecule is O=C(C1CCN(c2ncc(C(F)(F)F)cc2Cl)CC1)N(CCC1CCN(Cc2ccccc2)CC1)C1CC1. The van der Waals surface area contributed by atoms with Crippen LogP contribution >= 0.6 is 11.6 Å². The number of hydrogen-bond donors (Lipinski definition) is 0. The summed E-state index contributed by atoms with van der Waals surface area (Å²) in [6.07, 6.45) is 3.29. The van der Waals surface area contributed by atoms with Gasteiger partial charge >= 0.3 is 6.18 Å². The van der Waals surface area contributed by atoms with Crippen molar-refractivity contribution in [2.24, 2.45) is 11.8 Å². The number of anilines is 1. The molecule has 2 aliphatic heterocycles. The Bertz CT molecular complexity index is 1080. The highest BCUT2D eigenvalue weighted by atomic mass is 35.5. The fourth-order valence-electron chi connectivity index (χ4n) is 5.85. The average molecular weight is 549 g/mol. The van der Waals surface area contributed by atoms with E-state index in [2.05, 4.69) is 45.1 Å². The first-order chi connectivity index (χ1) is 18.3. The third kappa shape index (κ3) is 6.81. The number of carbonyl (C=O) groups excluding carboxylic acids is 1. The normalized spacial score (nSPS) is 20.1. The van der Waals surface area contributed by atoms with Gasteiger partial charge in [-0.05, 0) is 75.6 Å². The summed E-state index contributed by atoms with van der Waals surface area (Å²) in [7, 11) is 0. The van der Waals surface area contributed by atoms with Gasteiger partial charge in [0, 0.05) is 44.3 Å². The Labute approximate surface area is 228 Å². The molecule has 5 nitrogen and oxygen atoms in total. The van der Waals surface area contributed by atoms with Gasteiger partial charge in [-0.1, -0.05) is 41.9 Å². The Morgan fingerprint density at radius 3 is 2.29 bits per heavy atom. The molecule has 0 bridgehead atoms. The van der Waals surface area contributed by atoms with Crippen molar-refractivity contribution in [2.45, 2.75) is 63.7 Å². The lowest BCUT2D eigenvalue weighted by Gasteiger charge is -2.36. The molecule has 2 saturated heterocycles. The summed E-state index contributed by atoms with van der Waals surface area (Å²) in [5, 5.41) is -0.000903. The van der Waals surface area contributed by atoms with Crippen molar-refractivity contribution in [3.63, 3.8) is 0 Å². The number of nitrogens with zero attached hydrogens (tertiary/aromatic N) is 4. The zero-order valence-corrected chi connectivity index (χ0v) is 22.4. The van der Waals surface area contributed by atoms with Crippen LogP contribution in [0.15, 0.2) is 42.6 Å². The van der Waals surface area contributed by atoms with E-state index in [9.17, 15) is 18.0 Å². The molecule has 38 heavy (non-hydrogen) atoms. The van der Waals surface area contributed by atoms with Crippen molar-refractivity contribution < 1.29 is 18.0 Å². The highest BCUT2D eigenvalue weighted by molar-refractivity contribution is 6.33. The standard InChI is InChI=1S/C29H36ClF3N4O/c30-26-18-24(29(31,32)33)19-34-27(26)36-15-11-23(12-16-36)28(38)37(25-6-7-25)17-10-21-8-13-35(14-9-21)20-22-4-2-1-3-5-22/h1-5,18-19,21,23,25H,6-17,20H2. The number of hydrogen-bond acceptors (Lipinski definition) is 4. The molecule has 3 heterocycles. The van der Waals surface area contributed by atoms with Gasteiger partial charge in [-0.2, -0.15) is 13.2 Å². The smallest absolute Gasteiger partial charge is 0.355 e. The van der Waals surface area contributed by atoms with E-state index >= 15 is 0 Å². The van der Waals surface area contributed by atoms with Gasteiger partial charge in [0.05, 0.1) is 10.6 Å². The molecule has 3 aliphatic rings. The van der Waals surface area contributed by atoms with E-state index in [0.717, 1.165) is 57.7 Å². The number of piperidine rings is 2.